The Balaban J connectivity index is 1.26. The second kappa shape index (κ2) is 10.5. The van der Waals surface area contributed by atoms with Crippen LogP contribution in [0.25, 0.3) is 0 Å². The molecule has 0 aliphatic carbocycles. The van der Waals surface area contributed by atoms with Crippen LogP contribution in [0.2, 0.25) is 0 Å². The molecule has 2 heterocycles. The summed E-state index contributed by atoms with van der Waals surface area (Å²) in [5, 5.41) is 14.2. The van der Waals surface area contributed by atoms with Gasteiger partial charge in [0.1, 0.15) is 17.3 Å². The molecule has 3 aromatic rings. The largest absolute Gasteiger partial charge is 0.457 e. The highest BCUT2D eigenvalue weighted by Gasteiger charge is 2.12. The van der Waals surface area contributed by atoms with Gasteiger partial charge in [-0.05, 0) is 42.5 Å². The van der Waals surface area contributed by atoms with E-state index in [1.807, 2.05) is 6.07 Å². The number of ether oxygens (including phenoxy) is 2. The summed E-state index contributed by atoms with van der Waals surface area (Å²) in [4.78, 5) is 14.7. The van der Waals surface area contributed by atoms with Crippen LogP contribution >= 0.6 is 0 Å². The number of nitrogens with zero attached hydrogens (tertiary/aromatic N) is 3. The molecule has 32 heavy (non-hydrogen) atoms. The molecule has 4 rings (SSSR count). The number of anilines is 2. The van der Waals surface area contributed by atoms with E-state index in [-0.39, 0.29) is 11.7 Å². The van der Waals surface area contributed by atoms with Crippen LogP contribution in [-0.2, 0) is 4.74 Å². The number of rotatable bonds is 8. The van der Waals surface area contributed by atoms with E-state index >= 15 is 0 Å². The lowest BCUT2D eigenvalue weighted by Crippen LogP contribution is -2.36. The van der Waals surface area contributed by atoms with E-state index in [1.165, 1.54) is 24.3 Å². The lowest BCUT2D eigenvalue weighted by molar-refractivity contribution is 0.0955. The molecule has 8 nitrogen and oxygen atoms in total. The highest BCUT2D eigenvalue weighted by atomic mass is 19.1. The molecule has 0 radical (unpaired) electrons. The maximum Gasteiger partial charge on any atom is 0.251 e. The number of halogens is 1. The number of morpholine rings is 1. The Morgan fingerprint density at radius 1 is 1.06 bits per heavy atom. The van der Waals surface area contributed by atoms with Crippen molar-refractivity contribution in [1.29, 1.82) is 0 Å². The number of carbonyl (C=O) groups excluding carboxylic acids is 1. The Kier molecular flexibility index (Phi) is 7.08. The Morgan fingerprint density at radius 3 is 2.69 bits per heavy atom. The molecule has 0 atom stereocenters. The van der Waals surface area contributed by atoms with E-state index in [9.17, 15) is 9.18 Å². The Labute approximate surface area is 185 Å². The van der Waals surface area contributed by atoms with Crippen molar-refractivity contribution in [2.75, 3.05) is 49.6 Å². The summed E-state index contributed by atoms with van der Waals surface area (Å²) < 4.78 is 24.1. The summed E-state index contributed by atoms with van der Waals surface area (Å²) in [6.07, 6.45) is 1.74. The van der Waals surface area contributed by atoms with Crippen molar-refractivity contribution < 1.29 is 18.7 Å². The number of aromatic nitrogens is 2. The van der Waals surface area contributed by atoms with Gasteiger partial charge in [0.05, 0.1) is 25.1 Å². The van der Waals surface area contributed by atoms with E-state index in [1.54, 1.807) is 30.5 Å². The fourth-order valence-corrected chi connectivity index (χ4v) is 3.25. The molecular weight excluding hydrogens is 413 g/mol. The Hall–Kier alpha value is -3.72. The fourth-order valence-electron chi connectivity index (χ4n) is 3.25. The van der Waals surface area contributed by atoms with E-state index in [0.29, 0.717) is 49.2 Å². The summed E-state index contributed by atoms with van der Waals surface area (Å²) in [5.41, 5.74) is 1.46. The molecule has 0 saturated carbocycles. The van der Waals surface area contributed by atoms with E-state index < -0.39 is 0 Å². The van der Waals surface area contributed by atoms with Crippen molar-refractivity contribution in [3.05, 3.63) is 72.2 Å². The average Bonchev–Trinajstić information content (AvgIpc) is 2.84. The standard InChI is InChI=1S/C23H24FN5O3/c24-18-4-6-20(7-5-18)32-21-3-1-2-17(14-21)23(30)26-9-8-25-22-15-19(16-27-28-22)29-10-12-31-13-11-29/h1-7,14-16H,8-13H2,(H,25,28)(H,26,30). The van der Waals surface area contributed by atoms with E-state index in [0.717, 1.165) is 18.8 Å². The predicted molar refractivity (Wildman–Crippen MR) is 119 cm³/mol. The zero-order chi connectivity index (χ0) is 22.2. The average molecular weight is 437 g/mol. The highest BCUT2D eigenvalue weighted by Crippen LogP contribution is 2.22. The van der Waals surface area contributed by atoms with Crippen molar-refractivity contribution in [3.63, 3.8) is 0 Å². The van der Waals surface area contributed by atoms with Gasteiger partial charge >= 0.3 is 0 Å². The molecule has 1 amide bonds. The van der Waals surface area contributed by atoms with Gasteiger partial charge in [-0.1, -0.05) is 6.07 Å². The van der Waals surface area contributed by atoms with Gasteiger partial charge in [-0.3, -0.25) is 4.79 Å². The number of nitrogens with one attached hydrogen (secondary N) is 2. The van der Waals surface area contributed by atoms with Crippen molar-refractivity contribution >= 4 is 17.4 Å². The van der Waals surface area contributed by atoms with Crippen LogP contribution in [0.4, 0.5) is 15.9 Å². The zero-order valence-corrected chi connectivity index (χ0v) is 17.5. The topological polar surface area (TPSA) is 88.6 Å². The van der Waals surface area contributed by atoms with E-state index in [4.69, 9.17) is 9.47 Å². The maximum atomic E-state index is 13.0. The number of amides is 1. The molecule has 1 aliphatic rings. The third kappa shape index (κ3) is 5.92. The normalized spacial score (nSPS) is 13.5. The summed E-state index contributed by atoms with van der Waals surface area (Å²) in [5.74, 6) is 1.09. The fraction of sp³-hybridized carbons (Fsp3) is 0.261. The Morgan fingerprint density at radius 2 is 1.88 bits per heavy atom. The van der Waals surface area contributed by atoms with Crippen LogP contribution < -0.4 is 20.3 Å². The molecule has 1 saturated heterocycles. The maximum absolute atomic E-state index is 13.0. The lowest BCUT2D eigenvalue weighted by atomic mass is 10.2. The molecule has 2 aromatic carbocycles. The molecular formula is C23H24FN5O3. The van der Waals surface area contributed by atoms with Gasteiger partial charge in [-0.25, -0.2) is 4.39 Å². The first kappa shape index (κ1) is 21.5. The number of carbonyl (C=O) groups is 1. The molecule has 166 valence electrons. The number of benzene rings is 2. The molecule has 2 N–H and O–H groups in total. The minimum atomic E-state index is -0.335. The Bertz CT molecular complexity index is 1040. The molecule has 1 aliphatic heterocycles. The van der Waals surface area contributed by atoms with Crippen molar-refractivity contribution in [2.45, 2.75) is 0 Å². The quantitative estimate of drug-likeness (QED) is 0.524. The first-order chi connectivity index (χ1) is 15.7. The van der Waals surface area contributed by atoms with E-state index in [2.05, 4.69) is 25.7 Å². The van der Waals surface area contributed by atoms with Gasteiger partial charge in [-0.15, -0.1) is 5.10 Å². The van der Waals surface area contributed by atoms with Crippen LogP contribution in [0.3, 0.4) is 0 Å². The molecule has 0 unspecified atom stereocenters. The molecule has 0 spiro atoms. The van der Waals surface area contributed by atoms with Crippen molar-refractivity contribution in [1.82, 2.24) is 15.5 Å². The predicted octanol–water partition coefficient (Wildman–Crippen LogP) is 3.09. The van der Waals surface area contributed by atoms with Crippen molar-refractivity contribution in [3.8, 4) is 11.5 Å². The van der Waals surface area contributed by atoms with Gasteiger partial charge in [0.25, 0.3) is 5.91 Å². The summed E-state index contributed by atoms with van der Waals surface area (Å²) in [6, 6.07) is 14.5. The molecule has 0 bridgehead atoms. The van der Waals surface area contributed by atoms with Crippen molar-refractivity contribution in [2.24, 2.45) is 0 Å². The number of hydrogen-bond donors (Lipinski definition) is 2. The van der Waals surface area contributed by atoms with Gasteiger partial charge in [0.2, 0.25) is 0 Å². The second-order valence-electron chi connectivity index (χ2n) is 7.16. The van der Waals surface area contributed by atoms with Gasteiger partial charge in [0.15, 0.2) is 5.82 Å². The zero-order valence-electron chi connectivity index (χ0n) is 17.5. The second-order valence-corrected chi connectivity index (χ2v) is 7.16. The molecule has 1 aromatic heterocycles. The van der Waals surface area contributed by atoms with Crippen LogP contribution in [0.15, 0.2) is 60.8 Å². The van der Waals surface area contributed by atoms with Gasteiger partial charge in [-0.2, -0.15) is 5.10 Å². The van der Waals surface area contributed by atoms with Crippen LogP contribution in [0, 0.1) is 5.82 Å². The van der Waals surface area contributed by atoms with Gasteiger partial charge < -0.3 is 25.0 Å². The minimum absolute atomic E-state index is 0.218. The monoisotopic (exact) mass is 437 g/mol. The SMILES string of the molecule is O=C(NCCNc1cc(N2CCOCC2)cnn1)c1cccc(Oc2ccc(F)cc2)c1. The molecule has 1 fully saturated rings. The first-order valence-corrected chi connectivity index (χ1v) is 10.4. The molecule has 9 heteroatoms. The first-order valence-electron chi connectivity index (χ1n) is 10.4. The lowest BCUT2D eigenvalue weighted by Gasteiger charge is -2.28. The summed E-state index contributed by atoms with van der Waals surface area (Å²) >= 11 is 0. The third-order valence-electron chi connectivity index (χ3n) is 4.88. The van der Waals surface area contributed by atoms with Gasteiger partial charge in [0, 0.05) is 37.8 Å². The highest BCUT2D eigenvalue weighted by molar-refractivity contribution is 5.94. The van der Waals surface area contributed by atoms with Crippen LogP contribution in [0.1, 0.15) is 10.4 Å². The van der Waals surface area contributed by atoms with Crippen LogP contribution in [0.5, 0.6) is 11.5 Å². The number of hydrogen-bond acceptors (Lipinski definition) is 7. The van der Waals surface area contributed by atoms with Crippen LogP contribution in [-0.4, -0.2) is 55.5 Å². The smallest absolute Gasteiger partial charge is 0.251 e. The summed E-state index contributed by atoms with van der Waals surface area (Å²) in [6.45, 7) is 3.96. The minimum Gasteiger partial charge on any atom is -0.457 e. The third-order valence-corrected chi connectivity index (χ3v) is 4.88. The summed E-state index contributed by atoms with van der Waals surface area (Å²) in [7, 11) is 0.